The summed E-state index contributed by atoms with van der Waals surface area (Å²) in [6.07, 6.45) is 1.98. The Morgan fingerprint density at radius 1 is 1.23 bits per heavy atom. The Balaban J connectivity index is 1.60. The van der Waals surface area contributed by atoms with Gasteiger partial charge in [0.1, 0.15) is 5.82 Å². The molecule has 7 heteroatoms. The van der Waals surface area contributed by atoms with Gasteiger partial charge in [-0.1, -0.05) is 30.3 Å². The van der Waals surface area contributed by atoms with Gasteiger partial charge in [0, 0.05) is 37.2 Å². The second kappa shape index (κ2) is 7.51. The lowest BCUT2D eigenvalue weighted by Crippen LogP contribution is -2.41. The third kappa shape index (κ3) is 3.99. The van der Waals surface area contributed by atoms with Gasteiger partial charge < -0.3 is 10.6 Å². The first-order valence-corrected chi connectivity index (χ1v) is 8.47. The zero-order valence-electron chi connectivity index (χ0n) is 14.5. The molecule has 0 amide bonds. The number of aliphatic imine (C=N–C) groups is 1. The fourth-order valence-electron chi connectivity index (χ4n) is 3.03. The van der Waals surface area contributed by atoms with E-state index in [1.54, 1.807) is 37.4 Å². The summed E-state index contributed by atoms with van der Waals surface area (Å²) in [7, 11) is 1.65. The van der Waals surface area contributed by atoms with E-state index in [9.17, 15) is 14.5 Å². The molecular weight excluding hydrogens is 335 g/mol. The van der Waals surface area contributed by atoms with Crippen LogP contribution in [0.15, 0.2) is 53.5 Å². The van der Waals surface area contributed by atoms with Gasteiger partial charge in [0.2, 0.25) is 0 Å². The number of hydrogen-bond donors (Lipinski definition) is 2. The van der Waals surface area contributed by atoms with Crippen LogP contribution in [-0.2, 0) is 12.0 Å². The first kappa shape index (κ1) is 17.8. The summed E-state index contributed by atoms with van der Waals surface area (Å²) >= 11 is 0. The number of hydrogen-bond acceptors (Lipinski definition) is 3. The maximum Gasteiger partial charge on any atom is 0.274 e. The lowest BCUT2D eigenvalue weighted by Gasteiger charge is -2.19. The molecule has 0 spiro atoms. The normalized spacial score (nSPS) is 15.4. The van der Waals surface area contributed by atoms with Crippen LogP contribution >= 0.6 is 0 Å². The van der Waals surface area contributed by atoms with Gasteiger partial charge in [-0.2, -0.15) is 0 Å². The number of guanidine groups is 1. The third-order valence-corrected chi connectivity index (χ3v) is 4.74. The highest BCUT2D eigenvalue weighted by atomic mass is 19.1. The van der Waals surface area contributed by atoms with Crippen molar-refractivity contribution in [2.45, 2.75) is 24.8 Å². The highest BCUT2D eigenvalue weighted by Crippen LogP contribution is 2.47. The fourth-order valence-corrected chi connectivity index (χ4v) is 3.03. The minimum Gasteiger partial charge on any atom is -0.356 e. The Bertz CT molecular complexity index is 834. The number of nitro groups is 1. The van der Waals surface area contributed by atoms with Crippen LogP contribution in [0.2, 0.25) is 0 Å². The molecule has 1 aliphatic carbocycles. The first-order chi connectivity index (χ1) is 12.5. The molecule has 0 bridgehead atoms. The van der Waals surface area contributed by atoms with Crippen molar-refractivity contribution in [2.24, 2.45) is 4.99 Å². The quantitative estimate of drug-likeness (QED) is 0.361. The number of para-hydroxylation sites is 1. The maximum atomic E-state index is 13.5. The zero-order chi connectivity index (χ0) is 18.6. The molecule has 6 nitrogen and oxygen atoms in total. The van der Waals surface area contributed by atoms with Gasteiger partial charge in [-0.25, -0.2) is 4.39 Å². The molecule has 1 aliphatic rings. The summed E-state index contributed by atoms with van der Waals surface area (Å²) in [6, 6.07) is 13.3. The second-order valence-electron chi connectivity index (χ2n) is 6.46. The van der Waals surface area contributed by atoms with Crippen LogP contribution in [0.5, 0.6) is 0 Å². The van der Waals surface area contributed by atoms with Crippen molar-refractivity contribution in [1.82, 2.24) is 10.6 Å². The summed E-state index contributed by atoms with van der Waals surface area (Å²) in [6.45, 7) is 0.927. The third-order valence-electron chi connectivity index (χ3n) is 4.74. The van der Waals surface area contributed by atoms with Crippen molar-refractivity contribution in [1.29, 1.82) is 0 Å². The molecule has 2 aromatic carbocycles. The van der Waals surface area contributed by atoms with Crippen molar-refractivity contribution in [3.8, 4) is 0 Å². The molecule has 1 fully saturated rings. The van der Waals surface area contributed by atoms with Crippen LogP contribution < -0.4 is 10.6 Å². The van der Waals surface area contributed by atoms with Crippen molar-refractivity contribution in [3.05, 3.63) is 75.6 Å². The zero-order valence-corrected chi connectivity index (χ0v) is 14.5. The number of nitro benzene ring substituents is 1. The molecule has 0 heterocycles. The van der Waals surface area contributed by atoms with Crippen LogP contribution in [0.3, 0.4) is 0 Å². The minimum absolute atomic E-state index is 0.0710. The average Bonchev–Trinajstić information content (AvgIpc) is 3.43. The van der Waals surface area contributed by atoms with E-state index in [1.165, 1.54) is 12.1 Å². The topological polar surface area (TPSA) is 79.6 Å². The largest absolute Gasteiger partial charge is 0.356 e. The predicted molar refractivity (Wildman–Crippen MR) is 98.6 cm³/mol. The monoisotopic (exact) mass is 356 g/mol. The van der Waals surface area contributed by atoms with E-state index < -0.39 is 4.92 Å². The summed E-state index contributed by atoms with van der Waals surface area (Å²) in [5, 5.41) is 17.4. The molecule has 0 aliphatic heterocycles. The minimum atomic E-state index is -0.393. The van der Waals surface area contributed by atoms with E-state index in [0.29, 0.717) is 24.6 Å². The van der Waals surface area contributed by atoms with Crippen molar-refractivity contribution in [3.63, 3.8) is 0 Å². The Hall–Kier alpha value is -2.96. The SMILES string of the molecule is CN=C(NCc1ccccc1[N+](=O)[O-])NCC1(c2cccc(F)c2)CC1. The molecule has 3 rings (SSSR count). The summed E-state index contributed by atoms with van der Waals surface area (Å²) in [5.41, 5.74) is 1.58. The summed E-state index contributed by atoms with van der Waals surface area (Å²) < 4.78 is 13.5. The van der Waals surface area contributed by atoms with Gasteiger partial charge in [0.15, 0.2) is 5.96 Å². The number of nitrogens with one attached hydrogen (secondary N) is 2. The maximum absolute atomic E-state index is 13.5. The van der Waals surface area contributed by atoms with Gasteiger partial charge in [-0.15, -0.1) is 0 Å². The molecular formula is C19H21FN4O2. The van der Waals surface area contributed by atoms with Gasteiger partial charge in [-0.3, -0.25) is 15.1 Å². The predicted octanol–water partition coefficient (Wildman–Crippen LogP) is 3.13. The fraction of sp³-hybridized carbons (Fsp3) is 0.316. The standard InChI is InChI=1S/C19H21FN4O2/c1-21-18(22-12-14-5-2-3-8-17(14)24(25)26)23-13-19(9-10-19)15-6-4-7-16(20)11-15/h2-8,11H,9-10,12-13H2,1H3,(H2,21,22,23). The smallest absolute Gasteiger partial charge is 0.274 e. The van der Waals surface area contributed by atoms with Crippen molar-refractivity contribution in [2.75, 3.05) is 13.6 Å². The number of halogens is 1. The van der Waals surface area contributed by atoms with Crippen LogP contribution in [0.4, 0.5) is 10.1 Å². The average molecular weight is 356 g/mol. The highest BCUT2D eigenvalue weighted by molar-refractivity contribution is 5.80. The second-order valence-corrected chi connectivity index (χ2v) is 6.46. The molecule has 26 heavy (non-hydrogen) atoms. The molecule has 136 valence electrons. The number of rotatable bonds is 6. The summed E-state index contributed by atoms with van der Waals surface area (Å²) in [4.78, 5) is 14.9. The van der Waals surface area contributed by atoms with Crippen LogP contribution in [-0.4, -0.2) is 24.5 Å². The van der Waals surface area contributed by atoms with Gasteiger partial charge >= 0.3 is 0 Å². The van der Waals surface area contributed by atoms with Crippen LogP contribution in [0.25, 0.3) is 0 Å². The molecule has 2 aromatic rings. The van der Waals surface area contributed by atoms with Gasteiger partial charge in [0.25, 0.3) is 5.69 Å². The van der Waals surface area contributed by atoms with Crippen molar-refractivity contribution >= 4 is 11.6 Å². The van der Waals surface area contributed by atoms with E-state index in [0.717, 1.165) is 18.4 Å². The number of nitrogens with zero attached hydrogens (tertiary/aromatic N) is 2. The van der Waals surface area contributed by atoms with Gasteiger partial charge in [0.05, 0.1) is 4.92 Å². The molecule has 0 saturated heterocycles. The Kier molecular flexibility index (Phi) is 5.16. The molecule has 0 aromatic heterocycles. The Morgan fingerprint density at radius 3 is 2.65 bits per heavy atom. The molecule has 0 unspecified atom stereocenters. The first-order valence-electron chi connectivity index (χ1n) is 8.47. The Morgan fingerprint density at radius 2 is 2.00 bits per heavy atom. The van der Waals surface area contributed by atoms with Gasteiger partial charge in [-0.05, 0) is 30.5 Å². The highest BCUT2D eigenvalue weighted by Gasteiger charge is 2.44. The van der Waals surface area contributed by atoms with E-state index >= 15 is 0 Å². The van der Waals surface area contributed by atoms with E-state index in [-0.39, 0.29) is 16.9 Å². The molecule has 0 atom stereocenters. The van der Waals surface area contributed by atoms with E-state index in [2.05, 4.69) is 15.6 Å². The van der Waals surface area contributed by atoms with Crippen LogP contribution in [0.1, 0.15) is 24.0 Å². The van der Waals surface area contributed by atoms with Crippen LogP contribution in [0, 0.1) is 15.9 Å². The molecule has 0 radical (unpaired) electrons. The molecule has 2 N–H and O–H groups in total. The summed E-state index contributed by atoms with van der Waals surface area (Å²) in [5.74, 6) is 0.332. The Labute approximate surface area is 151 Å². The van der Waals surface area contributed by atoms with E-state index in [1.807, 2.05) is 6.07 Å². The van der Waals surface area contributed by atoms with Crippen molar-refractivity contribution < 1.29 is 9.31 Å². The van der Waals surface area contributed by atoms with E-state index in [4.69, 9.17) is 0 Å². The molecule has 1 saturated carbocycles. The lowest BCUT2D eigenvalue weighted by molar-refractivity contribution is -0.385. The lowest BCUT2D eigenvalue weighted by atomic mass is 9.96. The number of benzene rings is 2.